The van der Waals surface area contributed by atoms with Gasteiger partial charge >= 0.3 is 0 Å². The van der Waals surface area contributed by atoms with Crippen molar-refractivity contribution in [1.29, 1.82) is 0 Å². The molecule has 0 spiro atoms. The zero-order valence-corrected chi connectivity index (χ0v) is 19.2. The minimum atomic E-state index is -0.567. The number of nitrogens with two attached hydrogens (primary N) is 1. The highest BCUT2D eigenvalue weighted by atomic mass is 32.1. The Kier molecular flexibility index (Phi) is 7.00. The fourth-order valence-corrected chi connectivity index (χ4v) is 5.08. The number of carbonyl (C=O) groups excluding carboxylic acids is 3. The lowest BCUT2D eigenvalue weighted by molar-refractivity contribution is -0.139. The maximum atomic E-state index is 12.6. The molecule has 2 atom stereocenters. The van der Waals surface area contributed by atoms with Crippen molar-refractivity contribution in [3.63, 3.8) is 0 Å². The van der Waals surface area contributed by atoms with E-state index >= 15 is 0 Å². The molecule has 1 aromatic carbocycles. The van der Waals surface area contributed by atoms with E-state index in [9.17, 15) is 14.4 Å². The van der Waals surface area contributed by atoms with Crippen LogP contribution in [0.25, 0.3) is 0 Å². The van der Waals surface area contributed by atoms with Crippen LogP contribution in [-0.4, -0.2) is 41.3 Å². The number of nitrogens with zero attached hydrogens (tertiary/aromatic N) is 1. The zero-order valence-electron chi connectivity index (χ0n) is 18.4. The Bertz CT molecular complexity index is 973. The molecule has 8 heteroatoms. The molecule has 7 nitrogen and oxygen atoms in total. The number of likely N-dealkylation sites (tertiary alicyclic amines) is 1. The van der Waals surface area contributed by atoms with E-state index in [2.05, 4.69) is 19.2 Å². The van der Waals surface area contributed by atoms with Crippen molar-refractivity contribution >= 4 is 34.1 Å². The van der Waals surface area contributed by atoms with E-state index < -0.39 is 5.91 Å². The number of thiophene rings is 1. The minimum absolute atomic E-state index is 0.0241. The molecule has 1 fully saturated rings. The van der Waals surface area contributed by atoms with Crippen molar-refractivity contribution in [2.24, 2.45) is 5.73 Å². The van der Waals surface area contributed by atoms with E-state index in [0.29, 0.717) is 21.9 Å². The number of aryl methyl sites for hydroxylation is 1. The van der Waals surface area contributed by atoms with Crippen LogP contribution in [0.1, 0.15) is 64.3 Å². The van der Waals surface area contributed by atoms with Gasteiger partial charge in [0.25, 0.3) is 17.7 Å². The Hall–Kier alpha value is -2.87. The van der Waals surface area contributed by atoms with Crippen molar-refractivity contribution in [3.8, 4) is 5.75 Å². The first-order valence-electron chi connectivity index (χ1n) is 10.4. The topological polar surface area (TPSA) is 102 Å². The number of nitrogens with one attached hydrogen (secondary N) is 1. The van der Waals surface area contributed by atoms with E-state index in [1.807, 2.05) is 11.8 Å². The average Bonchev–Trinajstić information content (AvgIpc) is 2.99. The summed E-state index contributed by atoms with van der Waals surface area (Å²) in [6.07, 6.45) is 3.17. The molecule has 0 bridgehead atoms. The summed E-state index contributed by atoms with van der Waals surface area (Å²) in [4.78, 5) is 39.8. The Morgan fingerprint density at radius 1 is 1.13 bits per heavy atom. The molecule has 3 rings (SSSR count). The number of piperidine rings is 1. The highest BCUT2D eigenvalue weighted by Crippen LogP contribution is 2.32. The molecular weight excluding hydrogens is 414 g/mol. The number of amides is 3. The van der Waals surface area contributed by atoms with Crippen LogP contribution in [0, 0.1) is 13.8 Å². The summed E-state index contributed by atoms with van der Waals surface area (Å²) in [5, 5.41) is 3.22. The highest BCUT2D eigenvalue weighted by molar-refractivity contribution is 7.16. The largest absolute Gasteiger partial charge is 0.484 e. The number of rotatable bonds is 6. The SMILES string of the molecule is Cc1sc(NC(=O)c2ccc(OCC(=O)N3C(C)CCCC3C)cc2)c(C(N)=O)c1C. The Morgan fingerprint density at radius 3 is 2.32 bits per heavy atom. The third kappa shape index (κ3) is 5.07. The molecular formula is C23H29N3O4S. The van der Waals surface area contributed by atoms with Crippen molar-refractivity contribution in [3.05, 3.63) is 45.8 Å². The van der Waals surface area contributed by atoms with Gasteiger partial charge < -0.3 is 20.7 Å². The van der Waals surface area contributed by atoms with Crippen LogP contribution in [0.15, 0.2) is 24.3 Å². The Labute approximate surface area is 186 Å². The van der Waals surface area contributed by atoms with Crippen molar-refractivity contribution in [2.75, 3.05) is 11.9 Å². The quantitative estimate of drug-likeness (QED) is 0.707. The normalized spacial score (nSPS) is 18.5. The number of anilines is 1. The summed E-state index contributed by atoms with van der Waals surface area (Å²) in [6.45, 7) is 7.79. The lowest BCUT2D eigenvalue weighted by Gasteiger charge is -2.38. The number of carbonyl (C=O) groups is 3. The Morgan fingerprint density at radius 2 is 1.74 bits per heavy atom. The lowest BCUT2D eigenvalue weighted by atomic mass is 9.97. The average molecular weight is 444 g/mol. The van der Waals surface area contributed by atoms with E-state index in [-0.39, 0.29) is 30.5 Å². The molecule has 0 saturated carbocycles. The standard InChI is InChI=1S/C23H29N3O4S/c1-13-6-5-7-14(2)26(13)19(27)12-30-18-10-8-17(9-11-18)22(29)25-23-20(21(24)28)15(3)16(4)31-23/h8-11,13-14H,5-7,12H2,1-4H3,(H2,24,28)(H,25,29). The van der Waals surface area contributed by atoms with Gasteiger partial charge in [0.05, 0.1) is 5.56 Å². The monoisotopic (exact) mass is 443 g/mol. The van der Waals surface area contributed by atoms with Crippen molar-refractivity contribution < 1.29 is 19.1 Å². The summed E-state index contributed by atoms with van der Waals surface area (Å²) in [5.74, 6) is -0.419. The van der Waals surface area contributed by atoms with Crippen LogP contribution in [0.3, 0.4) is 0 Å². The van der Waals surface area contributed by atoms with Crippen molar-refractivity contribution in [2.45, 2.75) is 59.0 Å². The van der Waals surface area contributed by atoms with E-state index in [0.717, 1.165) is 29.7 Å². The number of primary amides is 1. The van der Waals surface area contributed by atoms with Gasteiger partial charge in [-0.1, -0.05) is 0 Å². The highest BCUT2D eigenvalue weighted by Gasteiger charge is 2.29. The van der Waals surface area contributed by atoms with Gasteiger partial charge in [0.2, 0.25) is 0 Å². The first-order chi connectivity index (χ1) is 14.7. The van der Waals surface area contributed by atoms with Crippen LogP contribution in [0.2, 0.25) is 0 Å². The van der Waals surface area contributed by atoms with E-state index in [4.69, 9.17) is 10.5 Å². The van der Waals surface area contributed by atoms with Gasteiger partial charge in [0.15, 0.2) is 6.61 Å². The molecule has 0 radical (unpaired) electrons. The maximum absolute atomic E-state index is 12.6. The van der Waals surface area contributed by atoms with Crippen LogP contribution in [0.5, 0.6) is 5.75 Å². The van der Waals surface area contributed by atoms with E-state index in [1.165, 1.54) is 11.3 Å². The van der Waals surface area contributed by atoms with Crippen LogP contribution in [-0.2, 0) is 4.79 Å². The molecule has 1 aromatic heterocycles. The second-order valence-corrected chi connectivity index (χ2v) is 9.27. The fraction of sp³-hybridized carbons (Fsp3) is 0.435. The fourth-order valence-electron chi connectivity index (χ4n) is 4.02. The van der Waals surface area contributed by atoms with E-state index in [1.54, 1.807) is 31.2 Å². The summed E-state index contributed by atoms with van der Waals surface area (Å²) >= 11 is 1.32. The van der Waals surface area contributed by atoms with Crippen molar-refractivity contribution in [1.82, 2.24) is 4.90 Å². The first kappa shape index (κ1) is 22.8. The van der Waals surface area contributed by atoms with Crippen LogP contribution in [0.4, 0.5) is 5.00 Å². The van der Waals surface area contributed by atoms with Gasteiger partial charge in [-0.25, -0.2) is 0 Å². The number of benzene rings is 1. The predicted molar refractivity (Wildman–Crippen MR) is 122 cm³/mol. The summed E-state index contributed by atoms with van der Waals surface area (Å²) in [7, 11) is 0. The smallest absolute Gasteiger partial charge is 0.260 e. The summed E-state index contributed by atoms with van der Waals surface area (Å²) in [6, 6.07) is 7.01. The van der Waals surface area contributed by atoms with Crippen LogP contribution >= 0.6 is 11.3 Å². The molecule has 2 heterocycles. The van der Waals surface area contributed by atoms with Gasteiger partial charge in [-0.05, 0) is 76.8 Å². The molecule has 2 unspecified atom stereocenters. The summed E-state index contributed by atoms with van der Waals surface area (Å²) in [5.41, 5.74) is 6.99. The number of ether oxygens (including phenoxy) is 1. The molecule has 2 aromatic rings. The van der Waals surface area contributed by atoms with Gasteiger partial charge in [0, 0.05) is 22.5 Å². The second kappa shape index (κ2) is 9.51. The number of hydrogen-bond donors (Lipinski definition) is 2. The zero-order chi connectivity index (χ0) is 22.7. The maximum Gasteiger partial charge on any atom is 0.260 e. The molecule has 31 heavy (non-hydrogen) atoms. The van der Waals surface area contributed by atoms with Gasteiger partial charge in [-0.2, -0.15) is 0 Å². The minimum Gasteiger partial charge on any atom is -0.484 e. The molecule has 1 aliphatic heterocycles. The Balaban J connectivity index is 1.61. The van der Waals surface area contributed by atoms with Gasteiger partial charge in [0.1, 0.15) is 10.8 Å². The van der Waals surface area contributed by atoms with Gasteiger partial charge in [-0.3, -0.25) is 14.4 Å². The molecule has 1 aliphatic rings. The molecule has 1 saturated heterocycles. The second-order valence-electron chi connectivity index (χ2n) is 8.05. The molecule has 3 N–H and O–H groups in total. The van der Waals surface area contributed by atoms with Crippen LogP contribution < -0.4 is 15.8 Å². The third-order valence-electron chi connectivity index (χ3n) is 5.82. The first-order valence-corrected chi connectivity index (χ1v) is 11.3. The molecule has 3 amide bonds. The lowest BCUT2D eigenvalue weighted by Crippen LogP contribution is -2.49. The van der Waals surface area contributed by atoms with Gasteiger partial charge in [-0.15, -0.1) is 11.3 Å². The third-order valence-corrected chi connectivity index (χ3v) is 6.94. The predicted octanol–water partition coefficient (Wildman–Crippen LogP) is 3.88. The summed E-state index contributed by atoms with van der Waals surface area (Å²) < 4.78 is 5.66. The molecule has 166 valence electrons. The molecule has 0 aliphatic carbocycles. The number of hydrogen-bond acceptors (Lipinski definition) is 5.